The largest absolute Gasteiger partial charge is 0.353 e. The standard InChI is InChI=1S/C19H24N6O2S/c26-25(27)17-18(20-15-21-19(17)24-10-12-28-13-11-24)23-8-6-22(7-9-23)14-16-4-2-1-3-5-16/h1-5,15H,6-14H2. The highest BCUT2D eigenvalue weighted by atomic mass is 32.2. The van der Waals surface area contributed by atoms with Crippen molar-refractivity contribution in [2.45, 2.75) is 6.54 Å². The summed E-state index contributed by atoms with van der Waals surface area (Å²) in [6, 6.07) is 10.4. The van der Waals surface area contributed by atoms with Gasteiger partial charge in [-0.05, 0) is 5.56 Å². The molecular formula is C19H24N6O2S. The van der Waals surface area contributed by atoms with Crippen LogP contribution in [0.3, 0.4) is 0 Å². The maximum Gasteiger partial charge on any atom is 0.353 e. The number of hydrogen-bond acceptors (Lipinski definition) is 8. The van der Waals surface area contributed by atoms with E-state index >= 15 is 0 Å². The second kappa shape index (κ2) is 8.74. The molecule has 148 valence electrons. The van der Waals surface area contributed by atoms with E-state index in [0.29, 0.717) is 11.6 Å². The van der Waals surface area contributed by atoms with E-state index in [1.807, 2.05) is 27.6 Å². The molecule has 2 aliphatic rings. The zero-order valence-electron chi connectivity index (χ0n) is 15.7. The molecule has 2 saturated heterocycles. The number of benzene rings is 1. The maximum atomic E-state index is 11.9. The van der Waals surface area contributed by atoms with Crippen molar-refractivity contribution in [1.82, 2.24) is 14.9 Å². The number of thioether (sulfide) groups is 1. The lowest BCUT2D eigenvalue weighted by molar-refractivity contribution is -0.383. The smallest absolute Gasteiger partial charge is 0.349 e. The molecule has 4 rings (SSSR count). The lowest BCUT2D eigenvalue weighted by atomic mass is 10.2. The highest BCUT2D eigenvalue weighted by Crippen LogP contribution is 2.35. The van der Waals surface area contributed by atoms with Crippen LogP contribution in [-0.2, 0) is 6.54 Å². The first-order valence-electron chi connectivity index (χ1n) is 9.55. The second-order valence-corrected chi connectivity index (χ2v) is 8.20. The number of nitrogens with zero attached hydrogens (tertiary/aromatic N) is 6. The van der Waals surface area contributed by atoms with Crippen molar-refractivity contribution in [3.63, 3.8) is 0 Å². The third-order valence-corrected chi connectivity index (χ3v) is 6.14. The molecule has 0 saturated carbocycles. The Hall–Kier alpha value is -2.39. The molecule has 2 aliphatic heterocycles. The highest BCUT2D eigenvalue weighted by molar-refractivity contribution is 7.99. The van der Waals surface area contributed by atoms with Crippen molar-refractivity contribution < 1.29 is 4.92 Å². The van der Waals surface area contributed by atoms with Crippen LogP contribution >= 0.6 is 11.8 Å². The molecule has 1 aromatic heterocycles. The number of anilines is 2. The molecule has 0 aliphatic carbocycles. The van der Waals surface area contributed by atoms with Gasteiger partial charge in [-0.3, -0.25) is 15.0 Å². The van der Waals surface area contributed by atoms with Gasteiger partial charge in [-0.1, -0.05) is 30.3 Å². The van der Waals surface area contributed by atoms with Gasteiger partial charge in [-0.25, -0.2) is 9.97 Å². The van der Waals surface area contributed by atoms with Crippen molar-refractivity contribution in [2.24, 2.45) is 0 Å². The molecule has 0 N–H and O–H groups in total. The Bertz CT molecular complexity index is 807. The topological polar surface area (TPSA) is 78.6 Å². The average Bonchev–Trinajstić information content (AvgIpc) is 2.75. The summed E-state index contributed by atoms with van der Waals surface area (Å²) in [6.07, 6.45) is 1.47. The normalized spacial score (nSPS) is 18.3. The zero-order chi connectivity index (χ0) is 19.3. The van der Waals surface area contributed by atoms with Gasteiger partial charge < -0.3 is 9.80 Å². The Kier molecular flexibility index (Phi) is 5.92. The van der Waals surface area contributed by atoms with Crippen LogP contribution in [0.4, 0.5) is 17.3 Å². The first-order chi connectivity index (χ1) is 13.7. The third kappa shape index (κ3) is 4.20. The number of aromatic nitrogens is 2. The van der Waals surface area contributed by atoms with E-state index in [4.69, 9.17) is 0 Å². The van der Waals surface area contributed by atoms with E-state index < -0.39 is 0 Å². The number of piperazine rings is 1. The van der Waals surface area contributed by atoms with Crippen molar-refractivity contribution in [3.05, 3.63) is 52.3 Å². The van der Waals surface area contributed by atoms with Gasteiger partial charge in [0.1, 0.15) is 6.33 Å². The van der Waals surface area contributed by atoms with Gasteiger partial charge in [0.05, 0.1) is 4.92 Å². The monoisotopic (exact) mass is 400 g/mol. The van der Waals surface area contributed by atoms with E-state index in [1.54, 1.807) is 0 Å². The average molecular weight is 401 g/mol. The van der Waals surface area contributed by atoms with Crippen LogP contribution < -0.4 is 9.80 Å². The predicted molar refractivity (Wildman–Crippen MR) is 112 cm³/mol. The molecule has 0 radical (unpaired) electrons. The van der Waals surface area contributed by atoms with Crippen LogP contribution in [0.5, 0.6) is 0 Å². The lowest BCUT2D eigenvalue weighted by Gasteiger charge is -2.35. The fraction of sp³-hybridized carbons (Fsp3) is 0.474. The number of nitro groups is 1. The van der Waals surface area contributed by atoms with Crippen LogP contribution in [0.25, 0.3) is 0 Å². The Balaban J connectivity index is 1.49. The van der Waals surface area contributed by atoms with Crippen LogP contribution in [0.15, 0.2) is 36.7 Å². The minimum atomic E-state index is -0.317. The van der Waals surface area contributed by atoms with Crippen LogP contribution in [0.2, 0.25) is 0 Å². The van der Waals surface area contributed by atoms with Crippen LogP contribution in [0, 0.1) is 10.1 Å². The molecule has 28 heavy (non-hydrogen) atoms. The SMILES string of the molecule is O=[N+]([O-])c1c(N2CCSCC2)ncnc1N1CCN(Cc2ccccc2)CC1. The summed E-state index contributed by atoms with van der Waals surface area (Å²) >= 11 is 1.87. The summed E-state index contributed by atoms with van der Waals surface area (Å²) < 4.78 is 0. The first kappa shape index (κ1) is 18.9. The van der Waals surface area contributed by atoms with Gasteiger partial charge in [0.15, 0.2) is 0 Å². The van der Waals surface area contributed by atoms with Crippen LogP contribution in [-0.4, -0.2) is 70.6 Å². The molecule has 0 spiro atoms. The summed E-state index contributed by atoms with van der Waals surface area (Å²) in [5.41, 5.74) is 1.33. The highest BCUT2D eigenvalue weighted by Gasteiger charge is 2.32. The van der Waals surface area contributed by atoms with E-state index in [0.717, 1.165) is 57.3 Å². The first-order valence-corrected chi connectivity index (χ1v) is 10.7. The third-order valence-electron chi connectivity index (χ3n) is 5.20. The minimum Gasteiger partial charge on any atom is -0.349 e. The molecule has 2 fully saturated rings. The number of rotatable bonds is 5. The van der Waals surface area contributed by atoms with Gasteiger partial charge in [-0.15, -0.1) is 0 Å². The molecule has 0 bridgehead atoms. The van der Waals surface area contributed by atoms with Gasteiger partial charge in [0.25, 0.3) is 0 Å². The Morgan fingerprint density at radius 2 is 1.54 bits per heavy atom. The van der Waals surface area contributed by atoms with Gasteiger partial charge in [0.2, 0.25) is 11.6 Å². The Labute approximate surface area is 168 Å². The van der Waals surface area contributed by atoms with E-state index in [-0.39, 0.29) is 10.6 Å². The molecule has 0 unspecified atom stereocenters. The summed E-state index contributed by atoms with van der Waals surface area (Å²) in [4.78, 5) is 26.6. The van der Waals surface area contributed by atoms with Crippen LogP contribution in [0.1, 0.15) is 5.56 Å². The van der Waals surface area contributed by atoms with E-state index in [1.165, 1.54) is 11.9 Å². The summed E-state index contributed by atoms with van der Waals surface area (Å²) in [5, 5.41) is 11.9. The fourth-order valence-electron chi connectivity index (χ4n) is 3.72. The quantitative estimate of drug-likeness (QED) is 0.559. The van der Waals surface area contributed by atoms with Gasteiger partial charge in [0, 0.05) is 57.3 Å². The molecule has 0 amide bonds. The Morgan fingerprint density at radius 3 is 2.14 bits per heavy atom. The van der Waals surface area contributed by atoms with Crippen molar-refractivity contribution in [3.8, 4) is 0 Å². The van der Waals surface area contributed by atoms with Gasteiger partial charge in [-0.2, -0.15) is 11.8 Å². The fourth-order valence-corrected chi connectivity index (χ4v) is 4.62. The molecule has 0 atom stereocenters. The molecule has 2 aromatic rings. The van der Waals surface area contributed by atoms with E-state index in [9.17, 15) is 10.1 Å². The van der Waals surface area contributed by atoms with Crippen molar-refractivity contribution in [1.29, 1.82) is 0 Å². The minimum absolute atomic E-state index is 0.0471. The molecule has 8 nitrogen and oxygen atoms in total. The van der Waals surface area contributed by atoms with Gasteiger partial charge >= 0.3 is 5.69 Å². The maximum absolute atomic E-state index is 11.9. The van der Waals surface area contributed by atoms with E-state index in [2.05, 4.69) is 39.1 Å². The van der Waals surface area contributed by atoms with Crippen molar-refractivity contribution >= 4 is 29.1 Å². The summed E-state index contributed by atoms with van der Waals surface area (Å²) in [6.45, 7) is 5.62. The zero-order valence-corrected chi connectivity index (χ0v) is 16.6. The Morgan fingerprint density at radius 1 is 0.929 bits per heavy atom. The lowest BCUT2D eigenvalue weighted by Crippen LogP contribution is -2.46. The van der Waals surface area contributed by atoms with Crippen molar-refractivity contribution in [2.75, 3.05) is 60.6 Å². The molecule has 3 heterocycles. The summed E-state index contributed by atoms with van der Waals surface area (Å²) in [7, 11) is 0. The predicted octanol–water partition coefficient (Wildman–Crippen LogP) is 2.26. The molecule has 1 aromatic carbocycles. The second-order valence-electron chi connectivity index (χ2n) is 6.97. The molecule has 9 heteroatoms. The number of hydrogen-bond donors (Lipinski definition) is 0. The summed E-state index contributed by atoms with van der Waals surface area (Å²) in [5.74, 6) is 2.85. The molecular weight excluding hydrogens is 376 g/mol.